The number of rotatable bonds is 0. The molecular weight excluding hydrogens is 148 g/mol. The quantitative estimate of drug-likeness (QED) is 0.503. The average Bonchev–Trinajstić information content (AvgIpc) is 2.58. The van der Waals surface area contributed by atoms with Crippen molar-refractivity contribution in [2.24, 2.45) is 16.7 Å². The van der Waals surface area contributed by atoms with Crippen LogP contribution in [-0.4, -0.2) is 5.78 Å². The largest absolute Gasteiger partial charge is 0.299 e. The van der Waals surface area contributed by atoms with Gasteiger partial charge in [-0.1, -0.05) is 32.9 Å². The summed E-state index contributed by atoms with van der Waals surface area (Å²) in [5.41, 5.74) is 0.109. The van der Waals surface area contributed by atoms with Crippen LogP contribution in [-0.2, 0) is 4.79 Å². The van der Waals surface area contributed by atoms with Crippen molar-refractivity contribution in [2.45, 2.75) is 33.6 Å². The zero-order valence-corrected chi connectivity index (χ0v) is 8.05. The molecule has 0 unspecified atom stereocenters. The van der Waals surface area contributed by atoms with Crippen molar-refractivity contribution < 1.29 is 4.79 Å². The Hall–Kier alpha value is -0.590. The zero-order valence-electron chi connectivity index (χ0n) is 8.05. The second-order valence-corrected chi connectivity index (χ2v) is 5.18. The topological polar surface area (TPSA) is 17.1 Å². The maximum atomic E-state index is 11.8. The molecule has 2 atom stereocenters. The van der Waals surface area contributed by atoms with Gasteiger partial charge < -0.3 is 0 Å². The van der Waals surface area contributed by atoms with Gasteiger partial charge in [-0.05, 0) is 17.8 Å². The van der Waals surface area contributed by atoms with E-state index in [2.05, 4.69) is 32.9 Å². The first-order valence-corrected chi connectivity index (χ1v) is 4.67. The molecule has 0 saturated heterocycles. The minimum atomic E-state index is 0.0181. The fraction of sp³-hybridized carbons (Fsp3) is 0.727. The molecule has 0 amide bonds. The van der Waals surface area contributed by atoms with Crippen LogP contribution in [0.1, 0.15) is 33.6 Å². The van der Waals surface area contributed by atoms with E-state index in [4.69, 9.17) is 0 Å². The third-order valence-electron chi connectivity index (χ3n) is 3.34. The Morgan fingerprint density at radius 2 is 2.08 bits per heavy atom. The Bertz CT molecular complexity index is 262. The molecule has 0 spiro atoms. The minimum absolute atomic E-state index is 0.0181. The number of ketones is 1. The Morgan fingerprint density at radius 1 is 1.42 bits per heavy atom. The van der Waals surface area contributed by atoms with Gasteiger partial charge in [0.1, 0.15) is 5.78 Å². The third kappa shape index (κ3) is 1.03. The van der Waals surface area contributed by atoms with E-state index in [1.165, 1.54) is 0 Å². The van der Waals surface area contributed by atoms with Crippen molar-refractivity contribution >= 4 is 5.78 Å². The number of hydrogen-bond acceptors (Lipinski definition) is 1. The van der Waals surface area contributed by atoms with Gasteiger partial charge >= 0.3 is 0 Å². The van der Waals surface area contributed by atoms with E-state index in [9.17, 15) is 4.79 Å². The van der Waals surface area contributed by atoms with Gasteiger partial charge in [-0.2, -0.15) is 0 Å². The Kier molecular flexibility index (Phi) is 1.35. The average molecular weight is 164 g/mol. The summed E-state index contributed by atoms with van der Waals surface area (Å²) in [6.07, 6.45) is 6.26. The van der Waals surface area contributed by atoms with Crippen LogP contribution >= 0.6 is 0 Å². The van der Waals surface area contributed by atoms with E-state index >= 15 is 0 Å². The summed E-state index contributed by atoms with van der Waals surface area (Å²) in [5.74, 6) is 1.01. The molecule has 2 aliphatic rings. The zero-order chi connectivity index (χ0) is 8.98. The third-order valence-corrected chi connectivity index (χ3v) is 3.34. The molecule has 0 aromatic carbocycles. The van der Waals surface area contributed by atoms with Crippen LogP contribution in [0, 0.1) is 16.7 Å². The highest BCUT2D eigenvalue weighted by atomic mass is 16.1. The number of allylic oxidation sites excluding steroid dienone is 2. The maximum absolute atomic E-state index is 11.8. The fourth-order valence-corrected chi connectivity index (χ4v) is 2.05. The lowest BCUT2D eigenvalue weighted by Gasteiger charge is -2.19. The number of Topliss-reactive ketones (excluding diaryl/α,β-unsaturated/α-hetero) is 1. The first-order chi connectivity index (χ1) is 5.44. The summed E-state index contributed by atoms with van der Waals surface area (Å²) in [7, 11) is 0. The summed E-state index contributed by atoms with van der Waals surface area (Å²) in [6.45, 7) is 6.37. The molecule has 12 heavy (non-hydrogen) atoms. The lowest BCUT2D eigenvalue weighted by atomic mass is 9.84. The van der Waals surface area contributed by atoms with Crippen LogP contribution in [0.15, 0.2) is 12.2 Å². The number of carbonyl (C=O) groups is 1. The standard InChI is InChI=1S/C11H16O/c1-10(2)5-4-8-6-11(8,3)9(12)7-10/h4-5,8H,6-7H2,1-3H3/t8-,11-/m0/s1. The lowest BCUT2D eigenvalue weighted by Crippen LogP contribution is -2.19. The SMILES string of the molecule is CC1(C)C=C[C@H]2C[C@]2(C)C(=O)C1. The smallest absolute Gasteiger partial charge is 0.140 e. The van der Waals surface area contributed by atoms with E-state index < -0.39 is 0 Å². The van der Waals surface area contributed by atoms with Gasteiger partial charge in [0.15, 0.2) is 0 Å². The van der Waals surface area contributed by atoms with Crippen LogP contribution < -0.4 is 0 Å². The first kappa shape index (κ1) is 8.03. The van der Waals surface area contributed by atoms with E-state index in [-0.39, 0.29) is 10.8 Å². The predicted molar refractivity (Wildman–Crippen MR) is 48.8 cm³/mol. The fourth-order valence-electron chi connectivity index (χ4n) is 2.05. The van der Waals surface area contributed by atoms with Crippen molar-refractivity contribution in [3.8, 4) is 0 Å². The summed E-state index contributed by atoms with van der Waals surface area (Å²) < 4.78 is 0. The first-order valence-electron chi connectivity index (χ1n) is 4.67. The molecule has 2 aliphatic carbocycles. The molecule has 0 heterocycles. The molecule has 2 rings (SSSR count). The van der Waals surface area contributed by atoms with Crippen LogP contribution in [0.4, 0.5) is 0 Å². The molecule has 0 aromatic rings. The van der Waals surface area contributed by atoms with Gasteiger partial charge in [-0.25, -0.2) is 0 Å². The van der Waals surface area contributed by atoms with Gasteiger partial charge in [0.05, 0.1) is 0 Å². The predicted octanol–water partition coefficient (Wildman–Crippen LogP) is 2.57. The number of hydrogen-bond donors (Lipinski definition) is 0. The van der Waals surface area contributed by atoms with Gasteiger partial charge in [0.25, 0.3) is 0 Å². The van der Waals surface area contributed by atoms with Crippen molar-refractivity contribution in [2.75, 3.05) is 0 Å². The second-order valence-electron chi connectivity index (χ2n) is 5.18. The van der Waals surface area contributed by atoms with Crippen LogP contribution in [0.3, 0.4) is 0 Å². The van der Waals surface area contributed by atoms with E-state index in [0.29, 0.717) is 11.7 Å². The highest BCUT2D eigenvalue weighted by Crippen LogP contribution is 2.57. The van der Waals surface area contributed by atoms with Crippen LogP contribution in [0.25, 0.3) is 0 Å². The molecule has 0 aromatic heterocycles. The summed E-state index contributed by atoms with van der Waals surface area (Å²) in [4.78, 5) is 11.8. The van der Waals surface area contributed by atoms with Crippen molar-refractivity contribution in [3.63, 3.8) is 0 Å². The molecule has 1 nitrogen and oxygen atoms in total. The molecule has 0 N–H and O–H groups in total. The molecule has 1 fully saturated rings. The number of carbonyl (C=O) groups excluding carboxylic acids is 1. The summed E-state index contributed by atoms with van der Waals surface area (Å²) in [5, 5.41) is 0. The lowest BCUT2D eigenvalue weighted by molar-refractivity contribution is -0.125. The summed E-state index contributed by atoms with van der Waals surface area (Å²) >= 11 is 0. The van der Waals surface area contributed by atoms with E-state index in [1.807, 2.05) is 0 Å². The molecule has 0 bridgehead atoms. The van der Waals surface area contributed by atoms with Crippen molar-refractivity contribution in [1.82, 2.24) is 0 Å². The normalized spacial score (nSPS) is 43.6. The molecular formula is C11H16O. The molecule has 0 aliphatic heterocycles. The van der Waals surface area contributed by atoms with Crippen molar-refractivity contribution in [1.29, 1.82) is 0 Å². The van der Waals surface area contributed by atoms with E-state index in [0.717, 1.165) is 12.8 Å². The Balaban J connectivity index is 2.29. The minimum Gasteiger partial charge on any atom is -0.299 e. The van der Waals surface area contributed by atoms with Gasteiger partial charge in [-0.15, -0.1) is 0 Å². The monoisotopic (exact) mass is 164 g/mol. The highest BCUT2D eigenvalue weighted by Gasteiger charge is 2.55. The van der Waals surface area contributed by atoms with Gasteiger partial charge in [0.2, 0.25) is 0 Å². The van der Waals surface area contributed by atoms with E-state index in [1.54, 1.807) is 0 Å². The summed E-state index contributed by atoms with van der Waals surface area (Å²) in [6, 6.07) is 0. The number of fused-ring (bicyclic) bond motifs is 1. The maximum Gasteiger partial charge on any atom is 0.140 e. The second kappa shape index (κ2) is 2.01. The Labute approximate surface area is 73.8 Å². The molecule has 1 saturated carbocycles. The Morgan fingerprint density at radius 3 is 2.75 bits per heavy atom. The van der Waals surface area contributed by atoms with Gasteiger partial charge in [0, 0.05) is 11.8 Å². The van der Waals surface area contributed by atoms with Crippen molar-refractivity contribution in [3.05, 3.63) is 12.2 Å². The molecule has 0 radical (unpaired) electrons. The molecule has 66 valence electrons. The van der Waals surface area contributed by atoms with Gasteiger partial charge in [-0.3, -0.25) is 4.79 Å². The van der Waals surface area contributed by atoms with Crippen LogP contribution in [0.5, 0.6) is 0 Å². The van der Waals surface area contributed by atoms with Crippen LogP contribution in [0.2, 0.25) is 0 Å². The highest BCUT2D eigenvalue weighted by molar-refractivity contribution is 5.89. The molecule has 1 heteroatoms.